The largest absolute Gasteiger partial charge is 0.351 e. The van der Waals surface area contributed by atoms with Crippen LogP contribution in [-0.4, -0.2) is 33.3 Å². The molecule has 1 aliphatic heterocycles. The molecule has 1 atom stereocenters. The molecule has 0 fully saturated rings. The number of carbonyl (C=O) groups excluding carboxylic acids is 1. The summed E-state index contributed by atoms with van der Waals surface area (Å²) in [5.74, 6) is 1.89. The second-order valence-electron chi connectivity index (χ2n) is 5.66. The number of aromatic nitrogens is 3. The molecule has 1 aromatic heterocycles. The maximum absolute atomic E-state index is 12.5. The molecule has 112 valence electrons. The van der Waals surface area contributed by atoms with Crippen molar-refractivity contribution in [3.05, 3.63) is 11.6 Å². The Kier molecular flexibility index (Phi) is 4.42. The van der Waals surface area contributed by atoms with Crippen molar-refractivity contribution in [3.63, 3.8) is 0 Å². The summed E-state index contributed by atoms with van der Waals surface area (Å²) in [7, 11) is 0. The van der Waals surface area contributed by atoms with Gasteiger partial charge in [0.15, 0.2) is 0 Å². The van der Waals surface area contributed by atoms with Gasteiger partial charge in [-0.3, -0.25) is 4.79 Å². The van der Waals surface area contributed by atoms with Crippen LogP contribution in [0.25, 0.3) is 0 Å². The summed E-state index contributed by atoms with van der Waals surface area (Å²) in [5.41, 5.74) is 5.39. The summed E-state index contributed by atoms with van der Waals surface area (Å²) in [6.07, 6.45) is 3.32. The predicted molar refractivity (Wildman–Crippen MR) is 77.1 cm³/mol. The van der Waals surface area contributed by atoms with Gasteiger partial charge in [-0.2, -0.15) is 5.10 Å². The van der Waals surface area contributed by atoms with Crippen molar-refractivity contribution in [2.45, 2.75) is 59.0 Å². The van der Waals surface area contributed by atoms with Crippen molar-refractivity contribution in [1.82, 2.24) is 20.1 Å². The molecular weight excluding hydrogens is 254 g/mol. The average Bonchev–Trinajstić information content (AvgIpc) is 2.81. The van der Waals surface area contributed by atoms with Gasteiger partial charge in [0.2, 0.25) is 5.91 Å². The van der Waals surface area contributed by atoms with Crippen molar-refractivity contribution in [1.29, 1.82) is 0 Å². The highest BCUT2D eigenvalue weighted by Gasteiger charge is 2.35. The zero-order chi connectivity index (χ0) is 14.8. The number of nitrogens with two attached hydrogens (primary N) is 1. The fraction of sp³-hybridized carbons (Fsp3) is 0.786. The van der Waals surface area contributed by atoms with E-state index in [0.717, 1.165) is 37.3 Å². The number of hydrogen-bond donors (Lipinski definition) is 2. The average molecular weight is 279 g/mol. The van der Waals surface area contributed by atoms with Crippen molar-refractivity contribution < 1.29 is 4.79 Å². The minimum absolute atomic E-state index is 0.0790. The molecule has 20 heavy (non-hydrogen) atoms. The second-order valence-corrected chi connectivity index (χ2v) is 5.66. The Balaban J connectivity index is 2.03. The first-order chi connectivity index (χ1) is 9.54. The first-order valence-electron chi connectivity index (χ1n) is 7.46. The normalized spacial score (nSPS) is 18.7. The molecule has 0 spiro atoms. The van der Waals surface area contributed by atoms with Gasteiger partial charge in [0, 0.05) is 19.0 Å². The monoisotopic (exact) mass is 279 g/mol. The molecule has 6 nitrogen and oxygen atoms in total. The SMILES string of the molecule is CCC(CC)(CN)C(=O)NC1CCc2nc(C)nn2C1. The van der Waals surface area contributed by atoms with E-state index in [4.69, 9.17) is 5.73 Å². The Morgan fingerprint density at radius 1 is 1.50 bits per heavy atom. The van der Waals surface area contributed by atoms with E-state index in [1.807, 2.05) is 25.5 Å². The molecule has 3 N–H and O–H groups in total. The quantitative estimate of drug-likeness (QED) is 0.834. The topological polar surface area (TPSA) is 85.8 Å². The Hall–Kier alpha value is -1.43. The van der Waals surface area contributed by atoms with Crippen LogP contribution in [0.2, 0.25) is 0 Å². The number of rotatable bonds is 5. The van der Waals surface area contributed by atoms with E-state index in [1.54, 1.807) is 0 Å². The zero-order valence-electron chi connectivity index (χ0n) is 12.6. The van der Waals surface area contributed by atoms with E-state index < -0.39 is 5.41 Å². The van der Waals surface area contributed by atoms with Gasteiger partial charge in [-0.15, -0.1) is 0 Å². The maximum atomic E-state index is 12.5. The predicted octanol–water partition coefficient (Wildman–Crippen LogP) is 0.783. The summed E-state index contributed by atoms with van der Waals surface area (Å²) in [4.78, 5) is 16.9. The van der Waals surface area contributed by atoms with Gasteiger partial charge in [-0.05, 0) is 26.2 Å². The smallest absolute Gasteiger partial charge is 0.227 e. The van der Waals surface area contributed by atoms with Gasteiger partial charge in [0.05, 0.1) is 12.0 Å². The summed E-state index contributed by atoms with van der Waals surface area (Å²) < 4.78 is 1.91. The summed E-state index contributed by atoms with van der Waals surface area (Å²) in [6.45, 7) is 7.04. The molecule has 2 rings (SSSR count). The number of carbonyl (C=O) groups is 1. The Labute approximate surface area is 120 Å². The zero-order valence-corrected chi connectivity index (χ0v) is 12.6. The van der Waals surface area contributed by atoms with Gasteiger partial charge >= 0.3 is 0 Å². The van der Waals surface area contributed by atoms with Crippen molar-refractivity contribution in [3.8, 4) is 0 Å². The maximum Gasteiger partial charge on any atom is 0.227 e. The summed E-state index contributed by atoms with van der Waals surface area (Å²) >= 11 is 0. The van der Waals surface area contributed by atoms with Gasteiger partial charge < -0.3 is 11.1 Å². The van der Waals surface area contributed by atoms with Crippen LogP contribution in [0.5, 0.6) is 0 Å². The van der Waals surface area contributed by atoms with E-state index in [9.17, 15) is 4.79 Å². The van der Waals surface area contributed by atoms with Gasteiger partial charge in [0.1, 0.15) is 11.6 Å². The highest BCUT2D eigenvalue weighted by molar-refractivity contribution is 5.83. The van der Waals surface area contributed by atoms with E-state index >= 15 is 0 Å². The van der Waals surface area contributed by atoms with E-state index in [1.165, 1.54) is 0 Å². The number of aryl methyl sites for hydroxylation is 2. The summed E-state index contributed by atoms with van der Waals surface area (Å²) in [5, 5.41) is 7.52. The van der Waals surface area contributed by atoms with Crippen LogP contribution in [0.15, 0.2) is 0 Å². The van der Waals surface area contributed by atoms with Crippen LogP contribution < -0.4 is 11.1 Å². The Bertz CT molecular complexity index is 470. The van der Waals surface area contributed by atoms with Crippen LogP contribution in [0.3, 0.4) is 0 Å². The third-order valence-corrected chi connectivity index (χ3v) is 4.53. The van der Waals surface area contributed by atoms with E-state index in [0.29, 0.717) is 13.1 Å². The van der Waals surface area contributed by atoms with E-state index in [2.05, 4.69) is 15.4 Å². The standard InChI is InChI=1S/C14H25N5O/c1-4-14(5-2,9-15)13(20)17-11-6-7-12-16-10(3)18-19(12)8-11/h11H,4-9,15H2,1-3H3,(H,17,20). The molecule has 1 amide bonds. The number of amides is 1. The molecule has 1 aliphatic rings. The van der Waals surface area contributed by atoms with Crippen molar-refractivity contribution >= 4 is 5.91 Å². The molecule has 0 aromatic carbocycles. The second kappa shape index (κ2) is 5.91. The summed E-state index contributed by atoms with van der Waals surface area (Å²) in [6, 6.07) is 0.125. The van der Waals surface area contributed by atoms with Crippen LogP contribution in [0, 0.1) is 12.3 Å². The first-order valence-corrected chi connectivity index (χ1v) is 7.46. The lowest BCUT2D eigenvalue weighted by Crippen LogP contribution is -2.50. The molecule has 0 saturated heterocycles. The molecule has 0 radical (unpaired) electrons. The minimum Gasteiger partial charge on any atom is -0.351 e. The Morgan fingerprint density at radius 3 is 2.80 bits per heavy atom. The first kappa shape index (κ1) is 15.0. The van der Waals surface area contributed by atoms with Crippen LogP contribution in [0.4, 0.5) is 0 Å². The van der Waals surface area contributed by atoms with Gasteiger partial charge in [-0.1, -0.05) is 13.8 Å². The van der Waals surface area contributed by atoms with Crippen LogP contribution in [-0.2, 0) is 17.8 Å². The number of nitrogens with zero attached hydrogens (tertiary/aromatic N) is 3. The van der Waals surface area contributed by atoms with Crippen molar-refractivity contribution in [2.75, 3.05) is 6.54 Å². The highest BCUT2D eigenvalue weighted by Crippen LogP contribution is 2.26. The van der Waals surface area contributed by atoms with E-state index in [-0.39, 0.29) is 11.9 Å². The molecule has 1 aromatic rings. The molecular formula is C14H25N5O. The highest BCUT2D eigenvalue weighted by atomic mass is 16.2. The number of fused-ring (bicyclic) bond motifs is 1. The third kappa shape index (κ3) is 2.70. The lowest BCUT2D eigenvalue weighted by molar-refractivity contribution is -0.132. The molecule has 2 heterocycles. The molecule has 0 bridgehead atoms. The Morgan fingerprint density at radius 2 is 2.20 bits per heavy atom. The minimum atomic E-state index is -0.432. The fourth-order valence-corrected chi connectivity index (χ4v) is 2.84. The van der Waals surface area contributed by atoms with Crippen molar-refractivity contribution in [2.24, 2.45) is 11.1 Å². The third-order valence-electron chi connectivity index (χ3n) is 4.53. The van der Waals surface area contributed by atoms with Gasteiger partial charge in [0.25, 0.3) is 0 Å². The molecule has 0 aliphatic carbocycles. The molecule has 0 saturated carbocycles. The lowest BCUT2D eigenvalue weighted by atomic mass is 9.81. The molecule has 6 heteroatoms. The number of nitrogens with one attached hydrogen (secondary N) is 1. The number of hydrogen-bond acceptors (Lipinski definition) is 4. The van der Waals surface area contributed by atoms with Crippen LogP contribution in [0.1, 0.15) is 44.8 Å². The fourth-order valence-electron chi connectivity index (χ4n) is 2.84. The van der Waals surface area contributed by atoms with Crippen LogP contribution >= 0.6 is 0 Å². The molecule has 1 unspecified atom stereocenters. The van der Waals surface area contributed by atoms with Gasteiger partial charge in [-0.25, -0.2) is 9.67 Å². The lowest BCUT2D eigenvalue weighted by Gasteiger charge is -2.32.